The fourth-order valence-electron chi connectivity index (χ4n) is 1.36. The molecule has 2 N–H and O–H groups in total. The highest BCUT2D eigenvalue weighted by Crippen LogP contribution is 2.09. The third-order valence-corrected chi connectivity index (χ3v) is 2.61. The van der Waals surface area contributed by atoms with Gasteiger partial charge in [0, 0.05) is 11.4 Å². The van der Waals surface area contributed by atoms with Gasteiger partial charge in [-0.3, -0.25) is 4.79 Å². The van der Waals surface area contributed by atoms with E-state index in [1.165, 1.54) is 12.1 Å². The number of halogens is 1. The number of hydrogen-bond acceptors (Lipinski definition) is 2. The number of aliphatic carboxylic acids is 1. The molecule has 0 aliphatic carbocycles. The van der Waals surface area contributed by atoms with Crippen LogP contribution in [-0.2, 0) is 4.79 Å². The molecule has 110 valence electrons. The van der Waals surface area contributed by atoms with Crippen LogP contribution in [0.25, 0.3) is 0 Å². The van der Waals surface area contributed by atoms with Gasteiger partial charge in [0.15, 0.2) is 0 Å². The van der Waals surface area contributed by atoms with E-state index in [9.17, 15) is 9.59 Å². The van der Waals surface area contributed by atoms with Crippen molar-refractivity contribution in [2.75, 3.05) is 0 Å². The van der Waals surface area contributed by atoms with Gasteiger partial charge in [-0.1, -0.05) is 30.2 Å². The van der Waals surface area contributed by atoms with Crippen molar-refractivity contribution in [1.29, 1.82) is 0 Å². The van der Waals surface area contributed by atoms with Gasteiger partial charge in [0.2, 0.25) is 0 Å². The molecule has 0 heterocycles. The van der Waals surface area contributed by atoms with Crippen molar-refractivity contribution in [1.82, 2.24) is 0 Å². The van der Waals surface area contributed by atoms with E-state index in [1.807, 2.05) is 6.08 Å². The highest BCUT2D eigenvalue weighted by Gasteiger charge is 2.00. The molecule has 0 saturated heterocycles. The molecule has 0 unspecified atom stereocenters. The second kappa shape index (κ2) is 11.1. The van der Waals surface area contributed by atoms with Gasteiger partial charge >= 0.3 is 11.9 Å². The fraction of sp³-hybridized carbons (Fsp3) is 0.333. The van der Waals surface area contributed by atoms with Crippen molar-refractivity contribution in [3.8, 4) is 0 Å². The molecule has 0 radical (unpaired) electrons. The van der Waals surface area contributed by atoms with Crippen LogP contribution in [0.5, 0.6) is 0 Å². The molecular weight excluding hydrogens is 280 g/mol. The Balaban J connectivity index is 0.000000361. The van der Waals surface area contributed by atoms with Crippen LogP contribution in [0.2, 0.25) is 5.02 Å². The minimum atomic E-state index is -0.956. The van der Waals surface area contributed by atoms with Gasteiger partial charge in [0.25, 0.3) is 0 Å². The van der Waals surface area contributed by atoms with Gasteiger partial charge in [0.1, 0.15) is 0 Å². The molecule has 1 aromatic carbocycles. The van der Waals surface area contributed by atoms with Crippen molar-refractivity contribution in [2.45, 2.75) is 32.1 Å². The van der Waals surface area contributed by atoms with E-state index in [2.05, 4.69) is 6.58 Å². The van der Waals surface area contributed by atoms with E-state index in [0.29, 0.717) is 11.4 Å². The van der Waals surface area contributed by atoms with Crippen LogP contribution in [0.15, 0.2) is 36.9 Å². The van der Waals surface area contributed by atoms with Crippen LogP contribution >= 0.6 is 11.6 Å². The highest BCUT2D eigenvalue weighted by atomic mass is 35.5. The summed E-state index contributed by atoms with van der Waals surface area (Å²) in [5, 5.41) is 17.1. The third-order valence-electron chi connectivity index (χ3n) is 2.37. The van der Waals surface area contributed by atoms with E-state index in [1.54, 1.807) is 12.1 Å². The summed E-state index contributed by atoms with van der Waals surface area (Å²) in [4.78, 5) is 20.3. The molecule has 0 amide bonds. The van der Waals surface area contributed by atoms with E-state index in [-0.39, 0.29) is 5.56 Å². The van der Waals surface area contributed by atoms with Gasteiger partial charge in [-0.2, -0.15) is 0 Å². The highest BCUT2D eigenvalue weighted by molar-refractivity contribution is 6.30. The number of carboxylic acids is 2. The summed E-state index contributed by atoms with van der Waals surface area (Å²) in [6.07, 6.45) is 6.02. The average Bonchev–Trinajstić information content (AvgIpc) is 2.39. The van der Waals surface area contributed by atoms with Crippen LogP contribution in [-0.4, -0.2) is 22.2 Å². The second-order valence-corrected chi connectivity index (χ2v) is 4.53. The van der Waals surface area contributed by atoms with Gasteiger partial charge < -0.3 is 10.2 Å². The zero-order chi connectivity index (χ0) is 15.4. The topological polar surface area (TPSA) is 74.6 Å². The van der Waals surface area contributed by atoms with Crippen LogP contribution in [0.4, 0.5) is 0 Å². The average molecular weight is 299 g/mol. The Hall–Kier alpha value is -1.81. The molecule has 0 spiro atoms. The summed E-state index contributed by atoms with van der Waals surface area (Å²) in [5.74, 6) is -1.65. The first-order valence-electron chi connectivity index (χ1n) is 6.29. The lowest BCUT2D eigenvalue weighted by Crippen LogP contribution is -1.94. The van der Waals surface area contributed by atoms with Crippen LogP contribution in [0, 0.1) is 0 Å². The number of benzene rings is 1. The third kappa shape index (κ3) is 10.1. The van der Waals surface area contributed by atoms with Crippen molar-refractivity contribution >= 4 is 23.5 Å². The monoisotopic (exact) mass is 298 g/mol. The van der Waals surface area contributed by atoms with Gasteiger partial charge in [0.05, 0.1) is 5.56 Å². The maximum absolute atomic E-state index is 10.3. The molecular formula is C15H19ClO4. The van der Waals surface area contributed by atoms with Crippen molar-refractivity contribution < 1.29 is 19.8 Å². The molecule has 0 aromatic heterocycles. The minimum Gasteiger partial charge on any atom is -0.481 e. The summed E-state index contributed by atoms with van der Waals surface area (Å²) in [5.41, 5.74) is 0.215. The lowest BCUT2D eigenvalue weighted by molar-refractivity contribution is -0.137. The number of carboxylic acid groups (broad SMARTS) is 2. The quantitative estimate of drug-likeness (QED) is 0.583. The second-order valence-electron chi connectivity index (χ2n) is 4.10. The molecule has 5 heteroatoms. The Morgan fingerprint density at radius 1 is 1.20 bits per heavy atom. The molecule has 0 fully saturated rings. The molecule has 1 rings (SSSR count). The number of rotatable bonds is 7. The molecule has 0 bridgehead atoms. The van der Waals surface area contributed by atoms with Crippen molar-refractivity contribution in [3.63, 3.8) is 0 Å². The van der Waals surface area contributed by atoms with Crippen molar-refractivity contribution in [2.24, 2.45) is 0 Å². The Morgan fingerprint density at radius 3 is 2.35 bits per heavy atom. The Morgan fingerprint density at radius 2 is 1.90 bits per heavy atom. The van der Waals surface area contributed by atoms with E-state index < -0.39 is 11.9 Å². The molecule has 20 heavy (non-hydrogen) atoms. The Labute approximate surface area is 123 Å². The summed E-state index contributed by atoms with van der Waals surface area (Å²) in [6, 6.07) is 6.14. The number of hydrogen-bond donors (Lipinski definition) is 2. The van der Waals surface area contributed by atoms with Gasteiger partial charge in [-0.15, -0.1) is 6.58 Å². The zero-order valence-corrected chi connectivity index (χ0v) is 12.0. The van der Waals surface area contributed by atoms with Crippen LogP contribution in [0.1, 0.15) is 42.5 Å². The Bertz CT molecular complexity index is 443. The summed E-state index contributed by atoms with van der Waals surface area (Å²) in [6.45, 7) is 3.58. The number of unbranched alkanes of at least 4 members (excludes halogenated alkanes) is 3. The standard InChI is InChI=1S/C8H14O2.C7H5ClO2/c1-2-3-4-5-6-7-8(9)10;8-6-3-1-2-5(4-6)7(9)10/h2H,1,3-7H2,(H,9,10);1-4H,(H,9,10). The first kappa shape index (κ1) is 18.2. The summed E-state index contributed by atoms with van der Waals surface area (Å²) in [7, 11) is 0. The minimum absolute atomic E-state index is 0.215. The van der Waals surface area contributed by atoms with E-state index >= 15 is 0 Å². The largest absolute Gasteiger partial charge is 0.481 e. The fourth-order valence-corrected chi connectivity index (χ4v) is 1.55. The molecule has 0 aliphatic rings. The van der Waals surface area contributed by atoms with E-state index in [4.69, 9.17) is 21.8 Å². The van der Waals surface area contributed by atoms with Crippen molar-refractivity contribution in [3.05, 3.63) is 47.5 Å². The number of allylic oxidation sites excluding steroid dienone is 1. The smallest absolute Gasteiger partial charge is 0.335 e. The molecule has 0 atom stereocenters. The molecule has 4 nitrogen and oxygen atoms in total. The normalized spacial score (nSPS) is 9.25. The van der Waals surface area contributed by atoms with Crippen LogP contribution in [0.3, 0.4) is 0 Å². The van der Waals surface area contributed by atoms with E-state index in [0.717, 1.165) is 25.7 Å². The summed E-state index contributed by atoms with van der Waals surface area (Å²) >= 11 is 5.53. The predicted molar refractivity (Wildman–Crippen MR) is 79.3 cm³/mol. The lowest BCUT2D eigenvalue weighted by Gasteiger charge is -1.93. The lowest BCUT2D eigenvalue weighted by atomic mass is 10.1. The van der Waals surface area contributed by atoms with Crippen LogP contribution < -0.4 is 0 Å². The SMILES string of the molecule is C=CCCCCCC(=O)O.O=C(O)c1cccc(Cl)c1. The molecule has 0 aliphatic heterocycles. The maximum Gasteiger partial charge on any atom is 0.335 e. The van der Waals surface area contributed by atoms with Gasteiger partial charge in [-0.25, -0.2) is 4.79 Å². The molecule has 0 saturated carbocycles. The first-order chi connectivity index (χ1) is 9.47. The predicted octanol–water partition coefficient (Wildman–Crippen LogP) is 4.25. The first-order valence-corrected chi connectivity index (χ1v) is 6.66. The summed E-state index contributed by atoms with van der Waals surface area (Å²) < 4.78 is 0. The number of aromatic carboxylic acids is 1. The number of carbonyl (C=O) groups is 2. The maximum atomic E-state index is 10.3. The van der Waals surface area contributed by atoms with Gasteiger partial charge in [-0.05, 0) is 37.5 Å². The zero-order valence-electron chi connectivity index (χ0n) is 11.2. The Kier molecular flexibility index (Phi) is 10.1. The molecule has 1 aromatic rings.